The number of nitrogens with zero attached hydrogens (tertiary/aromatic N) is 1. The standard InChI is InChI=1S/C31H22BNS/c32-26-17-10-16-25-30(26)33(21-11-2-1-3-12-21)27-18-7-4-13-22(27)31(25)23-14-5-8-19-28(23)34-29-20-9-6-15-24(29)31/h1-20H,32H2. The quantitative estimate of drug-likeness (QED) is 0.260. The summed E-state index contributed by atoms with van der Waals surface area (Å²) in [4.78, 5) is 5.12. The van der Waals surface area contributed by atoms with Gasteiger partial charge in [-0.25, -0.2) is 0 Å². The van der Waals surface area contributed by atoms with E-state index in [1.807, 2.05) is 11.8 Å². The van der Waals surface area contributed by atoms with Gasteiger partial charge in [-0.05, 0) is 52.6 Å². The van der Waals surface area contributed by atoms with Crippen LogP contribution in [0, 0.1) is 0 Å². The summed E-state index contributed by atoms with van der Waals surface area (Å²) in [5, 5.41) is 0. The fraction of sp³-hybridized carbons (Fsp3) is 0.0323. The maximum atomic E-state index is 2.46. The molecule has 2 heterocycles. The number of para-hydroxylation sites is 3. The molecule has 5 aromatic rings. The van der Waals surface area contributed by atoms with Crippen LogP contribution in [-0.2, 0) is 5.41 Å². The summed E-state index contributed by atoms with van der Waals surface area (Å²) in [5.41, 5.74) is 10.0. The van der Waals surface area contributed by atoms with Crippen molar-refractivity contribution in [3.63, 3.8) is 0 Å². The zero-order valence-electron chi connectivity index (χ0n) is 18.9. The third-order valence-electron chi connectivity index (χ3n) is 7.23. The predicted octanol–water partition coefficient (Wildman–Crippen LogP) is 6.58. The molecule has 0 radical (unpaired) electrons. The normalized spacial score (nSPS) is 14.6. The molecular weight excluding hydrogens is 429 g/mol. The molecule has 0 atom stereocenters. The molecule has 1 spiro atoms. The van der Waals surface area contributed by atoms with Crippen molar-refractivity contribution in [3.05, 3.63) is 144 Å². The molecule has 0 aromatic heterocycles. The number of fused-ring (bicyclic) bond motifs is 8. The minimum atomic E-state index is -0.373. The van der Waals surface area contributed by atoms with E-state index in [0.29, 0.717) is 0 Å². The second-order valence-corrected chi connectivity index (χ2v) is 10.1. The van der Waals surface area contributed by atoms with Crippen molar-refractivity contribution in [2.45, 2.75) is 15.2 Å². The van der Waals surface area contributed by atoms with Gasteiger partial charge in [-0.3, -0.25) is 0 Å². The first-order valence-electron chi connectivity index (χ1n) is 11.7. The molecule has 3 heteroatoms. The summed E-state index contributed by atoms with van der Waals surface area (Å²) in [6, 6.07) is 44.5. The largest absolute Gasteiger partial charge is 0.310 e. The third-order valence-corrected chi connectivity index (χ3v) is 8.38. The minimum absolute atomic E-state index is 0.373. The summed E-state index contributed by atoms with van der Waals surface area (Å²) < 4.78 is 0. The van der Waals surface area contributed by atoms with Crippen LogP contribution in [-0.4, -0.2) is 7.85 Å². The summed E-state index contributed by atoms with van der Waals surface area (Å²) in [6.07, 6.45) is 0. The Morgan fingerprint density at radius 3 is 1.79 bits per heavy atom. The highest BCUT2D eigenvalue weighted by atomic mass is 32.2. The van der Waals surface area contributed by atoms with E-state index < -0.39 is 0 Å². The average molecular weight is 451 g/mol. The first-order chi connectivity index (χ1) is 16.8. The average Bonchev–Trinajstić information content (AvgIpc) is 2.89. The van der Waals surface area contributed by atoms with E-state index in [1.54, 1.807) is 0 Å². The van der Waals surface area contributed by atoms with Crippen molar-refractivity contribution >= 4 is 42.1 Å². The van der Waals surface area contributed by atoms with Gasteiger partial charge in [0.05, 0.1) is 11.1 Å². The van der Waals surface area contributed by atoms with Crippen LogP contribution in [0.5, 0.6) is 0 Å². The number of hydrogen-bond donors (Lipinski definition) is 0. The molecule has 1 nitrogen and oxygen atoms in total. The highest BCUT2D eigenvalue weighted by Crippen LogP contribution is 2.62. The van der Waals surface area contributed by atoms with Gasteiger partial charge >= 0.3 is 0 Å². The Bertz CT molecular complexity index is 1510. The summed E-state index contributed by atoms with van der Waals surface area (Å²) in [7, 11) is 2.24. The van der Waals surface area contributed by atoms with Gasteiger partial charge < -0.3 is 4.90 Å². The van der Waals surface area contributed by atoms with E-state index in [2.05, 4.69) is 134 Å². The van der Waals surface area contributed by atoms with E-state index in [9.17, 15) is 0 Å². The van der Waals surface area contributed by atoms with Crippen molar-refractivity contribution in [2.24, 2.45) is 0 Å². The zero-order valence-corrected chi connectivity index (χ0v) is 19.7. The molecule has 0 saturated carbocycles. The second kappa shape index (κ2) is 7.41. The molecular formula is C31H22BNS. The second-order valence-electron chi connectivity index (χ2n) is 9.00. The van der Waals surface area contributed by atoms with E-state index in [4.69, 9.17) is 0 Å². The number of benzene rings is 5. The monoisotopic (exact) mass is 451 g/mol. The molecule has 7 rings (SSSR count). The Hall–Kier alpha value is -3.69. The Labute approximate surface area is 205 Å². The fourth-order valence-electron chi connectivity index (χ4n) is 5.93. The number of hydrogen-bond acceptors (Lipinski definition) is 2. The molecule has 5 aromatic carbocycles. The first-order valence-corrected chi connectivity index (χ1v) is 12.5. The lowest BCUT2D eigenvalue weighted by atomic mass is 9.61. The highest BCUT2D eigenvalue weighted by molar-refractivity contribution is 7.99. The zero-order chi connectivity index (χ0) is 22.7. The highest BCUT2D eigenvalue weighted by Gasteiger charge is 2.50. The Balaban J connectivity index is 1.69. The van der Waals surface area contributed by atoms with E-state index in [0.717, 1.165) is 0 Å². The van der Waals surface area contributed by atoms with Crippen molar-refractivity contribution in [2.75, 3.05) is 4.90 Å². The van der Waals surface area contributed by atoms with Gasteiger partial charge in [-0.15, -0.1) is 0 Å². The summed E-state index contributed by atoms with van der Waals surface area (Å²) in [5.74, 6) is 0. The maximum Gasteiger partial charge on any atom is 0.142 e. The topological polar surface area (TPSA) is 3.24 Å². The Kier molecular flexibility index (Phi) is 4.31. The minimum Gasteiger partial charge on any atom is -0.310 e. The Morgan fingerprint density at radius 1 is 0.529 bits per heavy atom. The Morgan fingerprint density at radius 2 is 1.09 bits per heavy atom. The van der Waals surface area contributed by atoms with Crippen LogP contribution >= 0.6 is 11.8 Å². The molecule has 0 bridgehead atoms. The van der Waals surface area contributed by atoms with Crippen LogP contribution in [0.4, 0.5) is 17.1 Å². The van der Waals surface area contributed by atoms with Gasteiger partial charge in [-0.1, -0.05) is 108 Å². The lowest BCUT2D eigenvalue weighted by Crippen LogP contribution is -2.41. The first kappa shape index (κ1) is 19.8. The van der Waals surface area contributed by atoms with Crippen LogP contribution in [0.25, 0.3) is 0 Å². The molecule has 0 amide bonds. The molecule has 0 aliphatic carbocycles. The third kappa shape index (κ3) is 2.53. The molecule has 0 fully saturated rings. The van der Waals surface area contributed by atoms with Gasteiger partial charge in [-0.2, -0.15) is 0 Å². The molecule has 160 valence electrons. The van der Waals surface area contributed by atoms with E-state index in [-0.39, 0.29) is 5.41 Å². The van der Waals surface area contributed by atoms with Crippen molar-refractivity contribution in [1.29, 1.82) is 0 Å². The van der Waals surface area contributed by atoms with Crippen LogP contribution in [0.2, 0.25) is 0 Å². The SMILES string of the molecule is Bc1cccc2c1N(c1ccccc1)c1ccccc1C21c2ccccc2Sc2ccccc21. The van der Waals surface area contributed by atoms with Crippen molar-refractivity contribution in [1.82, 2.24) is 0 Å². The number of rotatable bonds is 1. The van der Waals surface area contributed by atoms with E-state index in [1.165, 1.54) is 54.6 Å². The fourth-order valence-corrected chi connectivity index (χ4v) is 7.12. The maximum absolute atomic E-state index is 2.46. The van der Waals surface area contributed by atoms with Crippen LogP contribution in [0.3, 0.4) is 0 Å². The summed E-state index contributed by atoms with van der Waals surface area (Å²) in [6.45, 7) is 0. The number of anilines is 3. The van der Waals surface area contributed by atoms with Gasteiger partial charge in [0.1, 0.15) is 7.85 Å². The van der Waals surface area contributed by atoms with Crippen molar-refractivity contribution in [3.8, 4) is 0 Å². The van der Waals surface area contributed by atoms with Crippen LogP contribution in [0.15, 0.2) is 131 Å². The van der Waals surface area contributed by atoms with E-state index >= 15 is 0 Å². The summed E-state index contributed by atoms with van der Waals surface area (Å²) >= 11 is 1.89. The molecule has 34 heavy (non-hydrogen) atoms. The molecule has 0 unspecified atom stereocenters. The van der Waals surface area contributed by atoms with Gasteiger partial charge in [0.15, 0.2) is 0 Å². The van der Waals surface area contributed by atoms with Crippen molar-refractivity contribution < 1.29 is 0 Å². The lowest BCUT2D eigenvalue weighted by Gasteiger charge is -2.49. The lowest BCUT2D eigenvalue weighted by molar-refractivity contribution is 0.693. The van der Waals surface area contributed by atoms with Gasteiger partial charge in [0, 0.05) is 21.2 Å². The molecule has 2 aliphatic heterocycles. The predicted molar refractivity (Wildman–Crippen MR) is 145 cm³/mol. The smallest absolute Gasteiger partial charge is 0.142 e. The van der Waals surface area contributed by atoms with Gasteiger partial charge in [0.25, 0.3) is 0 Å². The molecule has 0 saturated heterocycles. The van der Waals surface area contributed by atoms with Gasteiger partial charge in [0.2, 0.25) is 0 Å². The van der Waals surface area contributed by atoms with Crippen LogP contribution < -0.4 is 10.4 Å². The van der Waals surface area contributed by atoms with Crippen LogP contribution in [0.1, 0.15) is 22.3 Å². The molecule has 0 N–H and O–H groups in total. The molecule has 2 aliphatic rings.